The van der Waals surface area contributed by atoms with Crippen LogP contribution in [0.15, 0.2) is 142 Å². The van der Waals surface area contributed by atoms with Crippen molar-refractivity contribution in [3.63, 3.8) is 0 Å². The summed E-state index contributed by atoms with van der Waals surface area (Å²) in [5.41, 5.74) is 9.17. The number of hydrogen-bond donors (Lipinski definition) is 0. The smallest absolute Gasteiger partial charge is 1.00 e. The Kier molecular flexibility index (Phi) is 21.9. The first-order chi connectivity index (χ1) is 24.2. The van der Waals surface area contributed by atoms with Crippen LogP contribution >= 0.6 is 55.1 Å². The molecule has 0 aliphatic heterocycles. The summed E-state index contributed by atoms with van der Waals surface area (Å²) in [5, 5.41) is 12.1. The van der Waals surface area contributed by atoms with Crippen molar-refractivity contribution in [2.45, 2.75) is 6.42 Å². The quantitative estimate of drug-likeness (QED) is 0.0948. The molecule has 0 unspecified atom stereocenters. The number of carbonyl (C=O) groups excluding carboxylic acids is 1. The summed E-state index contributed by atoms with van der Waals surface area (Å²) in [6.45, 7) is -0.181. The number of alkyl halides is 1. The molecule has 0 saturated heterocycles. The minimum absolute atomic E-state index is 0. The van der Waals surface area contributed by atoms with E-state index in [-0.39, 0.29) is 152 Å². The van der Waals surface area contributed by atoms with Gasteiger partial charge in [0.25, 0.3) is 6.47 Å². The zero-order valence-electron chi connectivity index (χ0n) is 29.6. The van der Waals surface area contributed by atoms with Gasteiger partial charge in [0.15, 0.2) is 0 Å². The standard InChI is InChI=1S/C18H11BrClN.C13H10.C6H3BrClF.CH3F.CH2O3.2Cs.H/c19-15-10-9-12(20)11-18(15)21-16-7-3-1-5-13(16)14-6-2-4-8-17(14)21;1-3-7-12-10(5-1)9-11-6-2-4-8-13(11)12;7-5-2-1-4(8)3-6(5)9;1-2;2-1-4-3;;;/h1-11H;1-8H,9H2;1-3H;1H3;1,3H;;;/q;;;;;2*+1;-1/p-1/i;;;1D;;;;. The number of halogens is 6. The van der Waals surface area contributed by atoms with E-state index >= 15 is 0 Å². The molecular formula is C39H29Br2Cl2Cs2F2NO3. The third-order valence-corrected chi connectivity index (χ3v) is 9.14. The van der Waals surface area contributed by atoms with Gasteiger partial charge in [-0.3, -0.25) is 9.18 Å². The Balaban J connectivity index is 0.000000379. The fraction of sp³-hybridized carbons (Fsp3) is 0.0513. The number of carbonyl (C=O) groups is 1. The minimum Gasteiger partial charge on any atom is -1.00 e. The molecule has 4 nitrogen and oxygen atoms in total. The molecule has 7 aromatic rings. The SMILES string of the molecule is Clc1ccc(Br)c(-n2c3ccccc3c3ccccc32)c1.Fc1cc(Cl)ccc1Br.O=CO[O-].[2H]CF.[Cs+].[Cs+].[H-].c1ccc2c(c1)Cc1ccccc1-2. The van der Waals surface area contributed by atoms with Crippen molar-refractivity contribution in [1.29, 1.82) is 0 Å². The normalized spacial score (nSPS) is 10.3. The molecule has 1 aromatic heterocycles. The summed E-state index contributed by atoms with van der Waals surface area (Å²) in [4.78, 5) is 11.2. The molecule has 1 heterocycles. The molecule has 0 spiro atoms. The monoisotopic (exact) mass is 1090 g/mol. The first-order valence-corrected chi connectivity index (χ1v) is 16.9. The van der Waals surface area contributed by atoms with E-state index in [2.05, 4.69) is 138 Å². The Bertz CT molecular complexity index is 2120. The molecule has 1 aliphatic carbocycles. The molecule has 6 aromatic carbocycles. The van der Waals surface area contributed by atoms with Crippen LogP contribution in [-0.4, -0.2) is 18.2 Å². The second-order valence-corrected chi connectivity index (χ2v) is 12.8. The topological polar surface area (TPSA) is 54.3 Å². The average Bonchev–Trinajstić information content (AvgIpc) is 3.68. The molecule has 0 N–H and O–H groups in total. The molecule has 252 valence electrons. The molecule has 0 radical (unpaired) electrons. The number of aromatic nitrogens is 1. The molecule has 0 saturated carbocycles. The van der Waals surface area contributed by atoms with E-state index in [1.165, 1.54) is 50.1 Å². The van der Waals surface area contributed by atoms with Crippen molar-refractivity contribution < 1.29 is 164 Å². The summed E-state index contributed by atoms with van der Waals surface area (Å²) in [6.07, 6.45) is 1.10. The molecule has 12 heteroatoms. The average molecular weight is 1100 g/mol. The first-order valence-electron chi connectivity index (χ1n) is 15.2. The zero-order valence-corrected chi connectivity index (χ0v) is 44.9. The van der Waals surface area contributed by atoms with E-state index < -0.39 is 7.15 Å². The van der Waals surface area contributed by atoms with E-state index in [0.29, 0.717) is 9.50 Å². The van der Waals surface area contributed by atoms with Crippen LogP contribution in [0, 0.1) is 5.82 Å². The van der Waals surface area contributed by atoms with E-state index in [4.69, 9.17) is 34.6 Å². The number of fused-ring (bicyclic) bond motifs is 6. The predicted molar refractivity (Wildman–Crippen MR) is 203 cm³/mol. The number of nitrogens with zero attached hydrogens (tertiary/aromatic N) is 1. The number of para-hydroxylation sites is 2. The van der Waals surface area contributed by atoms with Gasteiger partial charge >= 0.3 is 138 Å². The van der Waals surface area contributed by atoms with Gasteiger partial charge in [-0.05, 0) is 109 Å². The molecule has 0 fully saturated rings. The third kappa shape index (κ3) is 12.8. The number of benzene rings is 6. The van der Waals surface area contributed by atoms with Crippen LogP contribution in [0.4, 0.5) is 8.78 Å². The maximum Gasteiger partial charge on any atom is 1.00 e. The van der Waals surface area contributed by atoms with Crippen LogP contribution in [0.5, 0.6) is 0 Å². The van der Waals surface area contributed by atoms with Crippen molar-refractivity contribution in [2.24, 2.45) is 0 Å². The van der Waals surface area contributed by atoms with Gasteiger partial charge in [-0.25, -0.2) is 4.39 Å². The van der Waals surface area contributed by atoms with Gasteiger partial charge in [0, 0.05) is 25.3 Å². The van der Waals surface area contributed by atoms with E-state index in [9.17, 15) is 8.78 Å². The van der Waals surface area contributed by atoms with Crippen LogP contribution < -0.4 is 143 Å². The summed E-state index contributed by atoms with van der Waals surface area (Å²) < 4.78 is 31.7. The van der Waals surface area contributed by atoms with Crippen molar-refractivity contribution >= 4 is 83.3 Å². The van der Waals surface area contributed by atoms with E-state index in [1.807, 2.05) is 18.2 Å². The Hall–Kier alpha value is 0.0539. The Morgan fingerprint density at radius 2 is 1.16 bits per heavy atom. The Labute approximate surface area is 443 Å². The Morgan fingerprint density at radius 1 is 0.745 bits per heavy atom. The zero-order chi connectivity index (χ0) is 36.0. The first kappa shape index (κ1) is 45.4. The summed E-state index contributed by atoms with van der Waals surface area (Å²) in [7, 11) is -1.00. The van der Waals surface area contributed by atoms with E-state index in [0.717, 1.165) is 21.6 Å². The van der Waals surface area contributed by atoms with Crippen LogP contribution in [0.1, 0.15) is 13.9 Å². The second-order valence-electron chi connectivity index (χ2n) is 10.2. The van der Waals surface area contributed by atoms with Gasteiger partial charge in [0.2, 0.25) is 0 Å². The van der Waals surface area contributed by atoms with Gasteiger partial charge in [0.05, 0.1) is 29.7 Å². The number of rotatable bonds is 2. The molecule has 51 heavy (non-hydrogen) atoms. The van der Waals surface area contributed by atoms with Crippen molar-refractivity contribution in [3.8, 4) is 16.8 Å². The van der Waals surface area contributed by atoms with Gasteiger partial charge < -0.3 is 16.1 Å². The maximum absolute atomic E-state index is 12.4. The molecule has 8 rings (SSSR count). The van der Waals surface area contributed by atoms with Crippen LogP contribution in [0.3, 0.4) is 0 Å². The van der Waals surface area contributed by atoms with Crippen molar-refractivity contribution in [1.82, 2.24) is 4.57 Å². The Morgan fingerprint density at radius 3 is 1.61 bits per heavy atom. The summed E-state index contributed by atoms with van der Waals surface area (Å²) in [5.74, 6) is -0.331. The van der Waals surface area contributed by atoms with Gasteiger partial charge in [-0.15, -0.1) is 0 Å². The predicted octanol–water partition coefficient (Wildman–Crippen LogP) is 5.84. The van der Waals surface area contributed by atoms with Crippen LogP contribution in [-0.2, 0) is 16.1 Å². The third-order valence-electron chi connectivity index (χ3n) is 7.36. The molecule has 0 bridgehead atoms. The molecule has 1 aliphatic rings. The van der Waals surface area contributed by atoms with Crippen LogP contribution in [0.25, 0.3) is 38.6 Å². The van der Waals surface area contributed by atoms with Crippen LogP contribution in [0.2, 0.25) is 10.0 Å². The molecule has 0 amide bonds. The van der Waals surface area contributed by atoms with Gasteiger partial charge in [-0.2, -0.15) is 0 Å². The maximum atomic E-state index is 12.4. The van der Waals surface area contributed by atoms with Crippen molar-refractivity contribution in [3.05, 3.63) is 169 Å². The van der Waals surface area contributed by atoms with E-state index in [1.54, 1.807) is 12.1 Å². The van der Waals surface area contributed by atoms with Gasteiger partial charge in [-0.1, -0.05) is 108 Å². The number of hydrogen-bond acceptors (Lipinski definition) is 3. The minimum atomic E-state index is -1.00. The fourth-order valence-corrected chi connectivity index (χ4v) is 6.39. The summed E-state index contributed by atoms with van der Waals surface area (Å²) in [6, 6.07) is 44.5. The van der Waals surface area contributed by atoms with Crippen molar-refractivity contribution in [2.75, 3.05) is 7.15 Å². The fourth-order valence-electron chi connectivity index (χ4n) is 5.39. The summed E-state index contributed by atoms with van der Waals surface area (Å²) >= 11 is 18.3. The van der Waals surface area contributed by atoms with Gasteiger partial charge in [0.1, 0.15) is 5.82 Å². The molecular weight excluding hydrogens is 1060 g/mol. The largest absolute Gasteiger partial charge is 1.00 e. The second kappa shape index (κ2) is 24.5. The molecule has 0 atom stereocenters.